The van der Waals surface area contributed by atoms with Crippen molar-refractivity contribution >= 4 is 69.3 Å². The zero-order chi connectivity index (χ0) is 10.6. The molecule has 0 aromatic heterocycles. The number of carboxylic acids is 3. The number of hydrogen-bond donors (Lipinski definition) is 4. The molecule has 4 N–H and O–H groups in total. The Balaban J connectivity index is -0.000000720. The van der Waals surface area contributed by atoms with Crippen molar-refractivity contribution in [3.8, 4) is 0 Å². The van der Waals surface area contributed by atoms with E-state index in [2.05, 4.69) is 0 Å². The van der Waals surface area contributed by atoms with Crippen LogP contribution in [0.3, 0.4) is 0 Å². The first-order valence-electron chi connectivity index (χ1n) is 3.17. The van der Waals surface area contributed by atoms with Crippen molar-refractivity contribution in [2.75, 3.05) is 0 Å². The Hall–Kier alpha value is 0.630. The molecule has 0 aliphatic heterocycles. The molecule has 9 heteroatoms. The van der Waals surface area contributed by atoms with Crippen LogP contribution in [-0.4, -0.2) is 95.3 Å². The number of carbonyl (C=O) groups is 3. The van der Waals surface area contributed by atoms with Gasteiger partial charge in [0.25, 0.3) is 0 Å². The number of hydrogen-bond acceptors (Lipinski definition) is 4. The van der Waals surface area contributed by atoms with E-state index in [1.165, 1.54) is 0 Å². The monoisotopic (exact) mass is 296 g/mol. The van der Waals surface area contributed by atoms with E-state index < -0.39 is 36.4 Å². The van der Waals surface area contributed by atoms with Crippen molar-refractivity contribution < 1.29 is 54.3 Å². The molecule has 0 amide bonds. The van der Waals surface area contributed by atoms with Gasteiger partial charge in [0, 0.05) is 19.5 Å². The van der Waals surface area contributed by atoms with E-state index in [1.54, 1.807) is 0 Å². The average molecular weight is 298 g/mol. The van der Waals surface area contributed by atoms with E-state index in [9.17, 15) is 14.4 Å². The summed E-state index contributed by atoms with van der Waals surface area (Å²) in [5, 5.41) is 33.8. The Morgan fingerprint density at radius 2 is 1.20 bits per heavy atom. The third-order valence-corrected chi connectivity index (χ3v) is 1.29. The molecule has 0 radical (unpaired) electrons. The smallest absolute Gasteiger partial charge is 0 e. The van der Waals surface area contributed by atoms with Gasteiger partial charge in [-0.3, -0.25) is 9.59 Å². The van der Waals surface area contributed by atoms with E-state index in [1.807, 2.05) is 0 Å². The third-order valence-electron chi connectivity index (χ3n) is 1.29. The van der Waals surface area contributed by atoms with Crippen LogP contribution in [0.4, 0.5) is 0 Å². The normalized spacial score (nSPS) is 9.40. The summed E-state index contributed by atoms with van der Waals surface area (Å²) >= 11 is 0. The van der Waals surface area contributed by atoms with Crippen molar-refractivity contribution in [1.82, 2.24) is 0 Å². The molecule has 0 saturated carbocycles. The maximum absolute atomic E-state index is 10.3. The average Bonchev–Trinajstić information content (AvgIpc) is 1.82. The molecule has 0 aliphatic carbocycles. The summed E-state index contributed by atoms with van der Waals surface area (Å²) in [5.74, 6) is -5.02. The topological polar surface area (TPSA) is 132 Å². The van der Waals surface area contributed by atoms with Gasteiger partial charge >= 0.3 is 69.3 Å². The van der Waals surface area contributed by atoms with Gasteiger partial charge in [-0.25, -0.2) is 4.79 Å². The molecule has 0 bridgehead atoms. The van der Waals surface area contributed by atoms with Crippen LogP contribution >= 0.6 is 0 Å². The molecule has 0 unspecified atom stereocenters. The number of rotatable bonds is 5. The Morgan fingerprint density at radius 1 is 0.933 bits per heavy atom. The molecule has 0 saturated heterocycles. The fourth-order valence-electron chi connectivity index (χ4n) is 0.714. The summed E-state index contributed by atoms with van der Waals surface area (Å²) in [6.07, 6.45) is -2.29. The van der Waals surface area contributed by atoms with E-state index in [-0.39, 0.29) is 70.9 Å². The Bertz CT molecular complexity index is 238. The van der Waals surface area contributed by atoms with Crippen molar-refractivity contribution in [3.05, 3.63) is 0 Å². The van der Waals surface area contributed by atoms with Crippen LogP contribution in [-0.2, 0) is 33.9 Å². The maximum Gasteiger partial charge on any atom is 0 e. The minimum absolute atomic E-state index is 0. The molecule has 0 aliphatic rings. The van der Waals surface area contributed by atoms with E-state index in [0.29, 0.717) is 0 Å². The third kappa shape index (κ3) is 8.44. The summed E-state index contributed by atoms with van der Waals surface area (Å²) in [6.45, 7) is 0. The zero-order valence-corrected chi connectivity index (χ0v) is 10.1. The van der Waals surface area contributed by atoms with Crippen LogP contribution in [0.1, 0.15) is 12.8 Å². The van der Waals surface area contributed by atoms with Crippen LogP contribution < -0.4 is 0 Å². The van der Waals surface area contributed by atoms with Crippen molar-refractivity contribution in [3.63, 3.8) is 0 Å². The van der Waals surface area contributed by atoms with Crippen LogP contribution in [0.5, 0.6) is 0 Å². The van der Waals surface area contributed by atoms with Crippen LogP contribution in [0, 0.1) is 0 Å². The molecule has 0 aromatic rings. The SMILES string of the molecule is O=C(O)CC(O)(CC(=O)O)C(=O)O.[KH].[Zn]. The fraction of sp³-hybridized carbons (Fsp3) is 0.500. The molecule has 0 aromatic carbocycles. The minimum Gasteiger partial charge on any atom is 0 e. The largest absolute Gasteiger partial charge is 0 e. The molecule has 0 fully saturated rings. The van der Waals surface area contributed by atoms with Crippen LogP contribution in [0.2, 0.25) is 0 Å². The first kappa shape index (κ1) is 21.0. The molecule has 0 atom stereocenters. The first-order valence-corrected chi connectivity index (χ1v) is 3.17. The second kappa shape index (κ2) is 8.74. The second-order valence-electron chi connectivity index (χ2n) is 2.48. The molecular formula is C6H9KO7Zn. The summed E-state index contributed by atoms with van der Waals surface area (Å²) in [5.41, 5.74) is -2.74. The molecular weight excluding hydrogens is 289 g/mol. The van der Waals surface area contributed by atoms with Gasteiger partial charge in [0.15, 0.2) is 5.60 Å². The molecule has 15 heavy (non-hydrogen) atoms. The number of aliphatic hydroxyl groups is 1. The minimum atomic E-state index is -2.74. The van der Waals surface area contributed by atoms with Gasteiger partial charge in [-0.05, 0) is 0 Å². The summed E-state index contributed by atoms with van der Waals surface area (Å²) in [6, 6.07) is 0. The zero-order valence-electron chi connectivity index (χ0n) is 7.13. The Morgan fingerprint density at radius 3 is 1.33 bits per heavy atom. The van der Waals surface area contributed by atoms with Gasteiger partial charge in [0.1, 0.15) is 0 Å². The summed E-state index contributed by atoms with van der Waals surface area (Å²) < 4.78 is 0. The van der Waals surface area contributed by atoms with Crippen LogP contribution in [0.25, 0.3) is 0 Å². The van der Waals surface area contributed by atoms with E-state index >= 15 is 0 Å². The maximum atomic E-state index is 10.3. The van der Waals surface area contributed by atoms with Gasteiger partial charge < -0.3 is 20.4 Å². The van der Waals surface area contributed by atoms with E-state index in [0.717, 1.165) is 0 Å². The molecule has 0 heterocycles. The van der Waals surface area contributed by atoms with Crippen molar-refractivity contribution in [2.24, 2.45) is 0 Å². The Kier molecular flexibility index (Phi) is 12.2. The van der Waals surface area contributed by atoms with Crippen molar-refractivity contribution in [1.29, 1.82) is 0 Å². The van der Waals surface area contributed by atoms with Gasteiger partial charge in [0.2, 0.25) is 0 Å². The predicted molar refractivity (Wildman–Crippen MR) is 44.2 cm³/mol. The van der Waals surface area contributed by atoms with Crippen molar-refractivity contribution in [2.45, 2.75) is 18.4 Å². The summed E-state index contributed by atoms with van der Waals surface area (Å²) in [4.78, 5) is 30.5. The fourth-order valence-corrected chi connectivity index (χ4v) is 0.714. The van der Waals surface area contributed by atoms with Gasteiger partial charge in [-0.2, -0.15) is 0 Å². The van der Waals surface area contributed by atoms with Gasteiger partial charge in [-0.15, -0.1) is 0 Å². The predicted octanol–water partition coefficient (Wildman–Crippen LogP) is -1.90. The molecule has 0 rings (SSSR count). The number of aliphatic carboxylic acids is 3. The van der Waals surface area contributed by atoms with Gasteiger partial charge in [0.05, 0.1) is 12.8 Å². The Labute approximate surface area is 140 Å². The molecule has 0 spiro atoms. The van der Waals surface area contributed by atoms with Gasteiger partial charge in [-0.1, -0.05) is 0 Å². The van der Waals surface area contributed by atoms with E-state index in [4.69, 9.17) is 20.4 Å². The second-order valence-corrected chi connectivity index (χ2v) is 2.48. The van der Waals surface area contributed by atoms with Crippen LogP contribution in [0.15, 0.2) is 0 Å². The summed E-state index contributed by atoms with van der Waals surface area (Å²) in [7, 11) is 0. The first-order chi connectivity index (χ1) is 5.78. The molecule has 7 nitrogen and oxygen atoms in total. The molecule has 78 valence electrons. The standard InChI is InChI=1S/C6H8O7.K.Zn.H/c7-3(8)1-6(13,5(11)12)2-4(9)10;;;/h13H,1-2H2,(H,7,8)(H,9,10)(H,11,12);;;. The number of carboxylic acid groups (broad SMARTS) is 3. The quantitative estimate of drug-likeness (QED) is 0.436.